The fourth-order valence-corrected chi connectivity index (χ4v) is 1.15. The first-order valence-corrected chi connectivity index (χ1v) is 3.97. The van der Waals surface area contributed by atoms with Gasteiger partial charge in [0.05, 0.1) is 0 Å². The van der Waals surface area contributed by atoms with Crippen LogP contribution in [0.25, 0.3) is 0 Å². The van der Waals surface area contributed by atoms with Crippen LogP contribution >= 0.6 is 0 Å². The molecule has 0 radical (unpaired) electrons. The van der Waals surface area contributed by atoms with Crippen LogP contribution in [0.2, 0.25) is 0 Å². The van der Waals surface area contributed by atoms with Crippen molar-refractivity contribution in [2.24, 2.45) is 5.41 Å². The molecule has 0 saturated heterocycles. The molecule has 0 aromatic heterocycles. The van der Waals surface area contributed by atoms with E-state index in [1.807, 2.05) is 5.92 Å². The number of carbonyl (C=O) groups excluding carboxylic acids is 1. The van der Waals surface area contributed by atoms with E-state index in [0.29, 0.717) is 5.41 Å². The third-order valence-electron chi connectivity index (χ3n) is 2.46. The van der Waals surface area contributed by atoms with E-state index < -0.39 is 0 Å². The van der Waals surface area contributed by atoms with E-state index in [9.17, 15) is 4.79 Å². The van der Waals surface area contributed by atoms with Crippen molar-refractivity contribution in [2.45, 2.75) is 26.2 Å². The van der Waals surface area contributed by atoms with Crippen molar-refractivity contribution in [3.05, 3.63) is 0 Å². The van der Waals surface area contributed by atoms with Crippen LogP contribution in [0, 0.1) is 17.8 Å². The second-order valence-corrected chi connectivity index (χ2v) is 3.18. The molecule has 60 valence electrons. The van der Waals surface area contributed by atoms with Crippen LogP contribution in [-0.2, 0) is 4.79 Å². The van der Waals surface area contributed by atoms with Gasteiger partial charge in [0.1, 0.15) is 0 Å². The van der Waals surface area contributed by atoms with Crippen molar-refractivity contribution in [3.63, 3.8) is 0 Å². The van der Waals surface area contributed by atoms with Crippen molar-refractivity contribution in [3.8, 4) is 12.3 Å². The summed E-state index contributed by atoms with van der Waals surface area (Å²) in [6.07, 6.45) is 8.50. The molecule has 1 aliphatic rings. The summed E-state index contributed by atoms with van der Waals surface area (Å²) in [5, 5.41) is 2.71. The van der Waals surface area contributed by atoms with Crippen molar-refractivity contribution in [1.29, 1.82) is 0 Å². The van der Waals surface area contributed by atoms with Gasteiger partial charge in [-0.3, -0.25) is 4.79 Å². The highest BCUT2D eigenvalue weighted by molar-refractivity contribution is 5.92. The normalized spacial score (nSPS) is 18.5. The monoisotopic (exact) mass is 151 g/mol. The first-order valence-electron chi connectivity index (χ1n) is 3.97. The standard InChI is InChI=1S/C9H13NO/c1-3-8(11)10-7-9(4-2)5-6-9/h1H,4-7H2,2H3,(H,10,11). The van der Waals surface area contributed by atoms with Crippen LogP contribution in [0.15, 0.2) is 0 Å². The largest absolute Gasteiger partial charge is 0.345 e. The lowest BCUT2D eigenvalue weighted by Gasteiger charge is -2.10. The number of amides is 1. The van der Waals surface area contributed by atoms with Gasteiger partial charge in [0.2, 0.25) is 0 Å². The lowest BCUT2D eigenvalue weighted by atomic mass is 10.0. The molecule has 0 unspecified atom stereocenters. The van der Waals surface area contributed by atoms with Gasteiger partial charge in [0.15, 0.2) is 0 Å². The molecule has 0 heterocycles. The average molecular weight is 151 g/mol. The molecule has 0 spiro atoms. The second kappa shape index (κ2) is 2.96. The molecular formula is C9H13NO. The molecule has 0 aromatic carbocycles. The van der Waals surface area contributed by atoms with Crippen molar-refractivity contribution in [2.75, 3.05) is 6.54 Å². The zero-order chi connectivity index (χ0) is 8.32. The summed E-state index contributed by atoms with van der Waals surface area (Å²) >= 11 is 0. The SMILES string of the molecule is C#CC(=O)NCC1(CC)CC1. The van der Waals surface area contributed by atoms with E-state index >= 15 is 0 Å². The zero-order valence-electron chi connectivity index (χ0n) is 6.81. The van der Waals surface area contributed by atoms with E-state index in [-0.39, 0.29) is 5.91 Å². The fraction of sp³-hybridized carbons (Fsp3) is 0.667. The van der Waals surface area contributed by atoms with Crippen molar-refractivity contribution >= 4 is 5.91 Å². The van der Waals surface area contributed by atoms with Crippen LogP contribution in [0.3, 0.4) is 0 Å². The lowest BCUT2D eigenvalue weighted by molar-refractivity contribution is -0.115. The van der Waals surface area contributed by atoms with Crippen LogP contribution in [-0.4, -0.2) is 12.5 Å². The summed E-state index contributed by atoms with van der Waals surface area (Å²) in [6, 6.07) is 0. The maximum atomic E-state index is 10.7. The summed E-state index contributed by atoms with van der Waals surface area (Å²) in [7, 11) is 0. The molecule has 1 amide bonds. The third kappa shape index (κ3) is 1.98. The number of hydrogen-bond acceptors (Lipinski definition) is 1. The third-order valence-corrected chi connectivity index (χ3v) is 2.46. The minimum Gasteiger partial charge on any atom is -0.345 e. The van der Waals surface area contributed by atoms with E-state index in [2.05, 4.69) is 12.2 Å². The Morgan fingerprint density at radius 2 is 2.36 bits per heavy atom. The van der Waals surface area contributed by atoms with Crippen LogP contribution in [0.4, 0.5) is 0 Å². The molecule has 0 aromatic rings. The van der Waals surface area contributed by atoms with Gasteiger partial charge in [-0.15, -0.1) is 6.42 Å². The molecule has 0 aliphatic heterocycles. The first-order chi connectivity index (χ1) is 5.22. The molecule has 2 nitrogen and oxygen atoms in total. The Morgan fingerprint density at radius 1 is 1.73 bits per heavy atom. The van der Waals surface area contributed by atoms with Gasteiger partial charge < -0.3 is 5.32 Å². The Morgan fingerprint density at radius 3 is 2.73 bits per heavy atom. The molecule has 11 heavy (non-hydrogen) atoms. The number of terminal acetylenes is 1. The van der Waals surface area contributed by atoms with Crippen LogP contribution in [0.1, 0.15) is 26.2 Å². The summed E-state index contributed by atoms with van der Waals surface area (Å²) < 4.78 is 0. The number of carbonyl (C=O) groups is 1. The van der Waals surface area contributed by atoms with Gasteiger partial charge >= 0.3 is 0 Å². The van der Waals surface area contributed by atoms with Crippen LogP contribution < -0.4 is 5.32 Å². The summed E-state index contributed by atoms with van der Waals surface area (Å²) in [6.45, 7) is 2.90. The Labute approximate surface area is 67.4 Å². The minimum atomic E-state index is -0.287. The number of rotatable bonds is 3. The minimum absolute atomic E-state index is 0.287. The maximum absolute atomic E-state index is 10.7. The molecule has 0 bridgehead atoms. The van der Waals surface area contributed by atoms with Gasteiger partial charge in [0, 0.05) is 6.54 Å². The first kappa shape index (κ1) is 8.13. The van der Waals surface area contributed by atoms with Gasteiger partial charge in [-0.2, -0.15) is 0 Å². The molecule has 1 N–H and O–H groups in total. The molecular weight excluding hydrogens is 138 g/mol. The second-order valence-electron chi connectivity index (χ2n) is 3.18. The summed E-state index contributed by atoms with van der Waals surface area (Å²) in [5.41, 5.74) is 0.395. The summed E-state index contributed by atoms with van der Waals surface area (Å²) in [5.74, 6) is 1.75. The molecule has 0 atom stereocenters. The Balaban J connectivity index is 2.23. The number of hydrogen-bond donors (Lipinski definition) is 1. The van der Waals surface area contributed by atoms with Crippen molar-refractivity contribution < 1.29 is 4.79 Å². The van der Waals surface area contributed by atoms with E-state index in [0.717, 1.165) is 13.0 Å². The molecule has 2 heteroatoms. The highest BCUT2D eigenvalue weighted by Gasteiger charge is 2.40. The Hall–Kier alpha value is -0.970. The Kier molecular flexibility index (Phi) is 2.19. The fourth-order valence-electron chi connectivity index (χ4n) is 1.15. The summed E-state index contributed by atoms with van der Waals surface area (Å²) in [4.78, 5) is 10.7. The molecule has 1 aliphatic carbocycles. The topological polar surface area (TPSA) is 29.1 Å². The van der Waals surface area contributed by atoms with Gasteiger partial charge in [-0.25, -0.2) is 0 Å². The highest BCUT2D eigenvalue weighted by Crippen LogP contribution is 2.47. The average Bonchev–Trinajstić information content (AvgIpc) is 2.81. The molecule has 1 fully saturated rings. The Bertz CT molecular complexity index is 198. The maximum Gasteiger partial charge on any atom is 0.295 e. The zero-order valence-corrected chi connectivity index (χ0v) is 6.81. The van der Waals surface area contributed by atoms with Crippen LogP contribution in [0.5, 0.6) is 0 Å². The highest BCUT2D eigenvalue weighted by atomic mass is 16.1. The number of nitrogens with one attached hydrogen (secondary N) is 1. The predicted molar refractivity (Wildman–Crippen MR) is 43.8 cm³/mol. The van der Waals surface area contributed by atoms with Gasteiger partial charge in [0.25, 0.3) is 5.91 Å². The van der Waals surface area contributed by atoms with Crippen molar-refractivity contribution in [1.82, 2.24) is 5.32 Å². The lowest BCUT2D eigenvalue weighted by Crippen LogP contribution is -2.28. The quantitative estimate of drug-likeness (QED) is 0.597. The molecule has 1 rings (SSSR count). The van der Waals surface area contributed by atoms with E-state index in [1.165, 1.54) is 12.8 Å². The van der Waals surface area contributed by atoms with E-state index in [1.54, 1.807) is 0 Å². The van der Waals surface area contributed by atoms with E-state index in [4.69, 9.17) is 6.42 Å². The van der Waals surface area contributed by atoms with Gasteiger partial charge in [-0.1, -0.05) is 6.92 Å². The predicted octanol–water partition coefficient (Wildman–Crippen LogP) is 0.926. The van der Waals surface area contributed by atoms with Gasteiger partial charge in [-0.05, 0) is 30.6 Å². The molecule has 1 saturated carbocycles. The smallest absolute Gasteiger partial charge is 0.295 e.